The van der Waals surface area contributed by atoms with Crippen LogP contribution in [0.4, 0.5) is 0 Å². The molecule has 1 atom stereocenters. The Morgan fingerprint density at radius 1 is 1.39 bits per heavy atom. The van der Waals surface area contributed by atoms with E-state index in [2.05, 4.69) is 11.1 Å². The van der Waals surface area contributed by atoms with Gasteiger partial charge in [-0.05, 0) is 19.1 Å². The van der Waals surface area contributed by atoms with Crippen molar-refractivity contribution in [1.82, 2.24) is 4.98 Å². The van der Waals surface area contributed by atoms with Crippen LogP contribution in [0.3, 0.4) is 0 Å². The zero-order valence-corrected chi connectivity index (χ0v) is 11.2. The van der Waals surface area contributed by atoms with E-state index in [1.165, 1.54) is 0 Å². The van der Waals surface area contributed by atoms with Gasteiger partial charge in [0.25, 0.3) is 0 Å². The van der Waals surface area contributed by atoms with E-state index in [-0.39, 0.29) is 6.10 Å². The highest BCUT2D eigenvalue weighted by Gasteiger charge is 2.08. The van der Waals surface area contributed by atoms with E-state index in [0.717, 1.165) is 22.7 Å². The molecule has 2 aromatic rings. The molecule has 92 valence electrons. The van der Waals surface area contributed by atoms with Gasteiger partial charge in [-0.3, -0.25) is 0 Å². The van der Waals surface area contributed by atoms with Gasteiger partial charge in [0.2, 0.25) is 0 Å². The highest BCUT2D eigenvalue weighted by Crippen LogP contribution is 2.23. The van der Waals surface area contributed by atoms with E-state index in [9.17, 15) is 0 Å². The van der Waals surface area contributed by atoms with Gasteiger partial charge in [-0.25, -0.2) is 4.98 Å². The first-order chi connectivity index (χ1) is 8.72. The number of hydrogen-bond donors (Lipinski definition) is 0. The SMILES string of the molecule is COC(C)Cc1nc(-c2ccc(C#N)cc2)cs1. The summed E-state index contributed by atoms with van der Waals surface area (Å²) in [7, 11) is 1.71. The standard InChI is InChI=1S/C14H14N2OS/c1-10(17-2)7-14-16-13(9-18-14)12-5-3-11(8-15)4-6-12/h3-6,9-10H,7H2,1-2H3. The highest BCUT2D eigenvalue weighted by atomic mass is 32.1. The van der Waals surface area contributed by atoms with Crippen LogP contribution in [0.2, 0.25) is 0 Å². The van der Waals surface area contributed by atoms with Crippen molar-refractivity contribution in [3.63, 3.8) is 0 Å². The molecule has 1 heterocycles. The Bertz CT molecular complexity index is 554. The molecular weight excluding hydrogens is 244 g/mol. The molecule has 0 saturated carbocycles. The largest absolute Gasteiger partial charge is 0.381 e. The van der Waals surface area contributed by atoms with Gasteiger partial charge in [-0.15, -0.1) is 11.3 Å². The zero-order chi connectivity index (χ0) is 13.0. The minimum absolute atomic E-state index is 0.185. The fourth-order valence-corrected chi connectivity index (χ4v) is 2.50. The first kappa shape index (κ1) is 12.7. The minimum atomic E-state index is 0.185. The van der Waals surface area contributed by atoms with Crippen LogP contribution in [-0.2, 0) is 11.2 Å². The van der Waals surface area contributed by atoms with Crippen LogP contribution in [0.5, 0.6) is 0 Å². The van der Waals surface area contributed by atoms with Crippen LogP contribution in [0.25, 0.3) is 11.3 Å². The number of methoxy groups -OCH3 is 1. The summed E-state index contributed by atoms with van der Waals surface area (Å²) in [5, 5.41) is 11.9. The van der Waals surface area contributed by atoms with Crippen LogP contribution < -0.4 is 0 Å². The lowest BCUT2D eigenvalue weighted by atomic mass is 10.1. The van der Waals surface area contributed by atoms with Crippen molar-refractivity contribution in [2.75, 3.05) is 7.11 Å². The Morgan fingerprint density at radius 2 is 2.11 bits per heavy atom. The predicted molar refractivity (Wildman–Crippen MR) is 72.4 cm³/mol. The van der Waals surface area contributed by atoms with Crippen molar-refractivity contribution < 1.29 is 4.74 Å². The maximum absolute atomic E-state index is 8.75. The average Bonchev–Trinajstić information content (AvgIpc) is 2.87. The van der Waals surface area contributed by atoms with E-state index in [1.54, 1.807) is 18.4 Å². The van der Waals surface area contributed by atoms with E-state index >= 15 is 0 Å². The minimum Gasteiger partial charge on any atom is -0.381 e. The van der Waals surface area contributed by atoms with E-state index < -0.39 is 0 Å². The first-order valence-electron chi connectivity index (χ1n) is 5.70. The molecule has 0 amide bonds. The van der Waals surface area contributed by atoms with Gasteiger partial charge < -0.3 is 4.74 Å². The van der Waals surface area contributed by atoms with Crippen molar-refractivity contribution in [3.8, 4) is 17.3 Å². The van der Waals surface area contributed by atoms with Crippen LogP contribution in [0.15, 0.2) is 29.6 Å². The highest BCUT2D eigenvalue weighted by molar-refractivity contribution is 7.09. The molecule has 4 heteroatoms. The number of aromatic nitrogens is 1. The number of rotatable bonds is 4. The van der Waals surface area contributed by atoms with Gasteiger partial charge in [0.1, 0.15) is 0 Å². The van der Waals surface area contributed by atoms with Gasteiger partial charge in [-0.1, -0.05) is 12.1 Å². The van der Waals surface area contributed by atoms with Crippen molar-refractivity contribution in [3.05, 3.63) is 40.2 Å². The fraction of sp³-hybridized carbons (Fsp3) is 0.286. The molecule has 0 aliphatic heterocycles. The predicted octanol–water partition coefficient (Wildman–Crippen LogP) is 3.26. The van der Waals surface area contributed by atoms with Gasteiger partial charge in [-0.2, -0.15) is 5.26 Å². The molecule has 0 saturated heterocycles. The van der Waals surface area contributed by atoms with Gasteiger partial charge in [0, 0.05) is 24.5 Å². The third-order valence-corrected chi connectivity index (χ3v) is 3.60. The van der Waals surface area contributed by atoms with Crippen LogP contribution in [0, 0.1) is 11.3 Å². The van der Waals surface area contributed by atoms with E-state index in [4.69, 9.17) is 10.00 Å². The second-order valence-corrected chi connectivity index (χ2v) is 5.01. The third-order valence-electron chi connectivity index (χ3n) is 2.73. The summed E-state index contributed by atoms with van der Waals surface area (Å²) in [6.45, 7) is 2.03. The number of benzene rings is 1. The molecule has 1 aromatic heterocycles. The maximum Gasteiger partial charge on any atom is 0.0991 e. The van der Waals surface area contributed by atoms with Gasteiger partial charge in [0.15, 0.2) is 0 Å². The molecule has 1 unspecified atom stereocenters. The normalized spacial score (nSPS) is 12.1. The van der Waals surface area contributed by atoms with Crippen LogP contribution in [0.1, 0.15) is 17.5 Å². The Labute approximate surface area is 111 Å². The summed E-state index contributed by atoms with van der Waals surface area (Å²) >= 11 is 1.64. The molecule has 3 nitrogen and oxygen atoms in total. The molecule has 0 spiro atoms. The smallest absolute Gasteiger partial charge is 0.0991 e. The van der Waals surface area contributed by atoms with E-state index in [1.807, 2.05) is 36.6 Å². The lowest BCUT2D eigenvalue weighted by molar-refractivity contribution is 0.119. The topological polar surface area (TPSA) is 45.9 Å². The monoisotopic (exact) mass is 258 g/mol. The fourth-order valence-electron chi connectivity index (χ4n) is 1.58. The molecule has 0 N–H and O–H groups in total. The van der Waals surface area contributed by atoms with Crippen molar-refractivity contribution in [2.45, 2.75) is 19.4 Å². The van der Waals surface area contributed by atoms with Crippen molar-refractivity contribution >= 4 is 11.3 Å². The Kier molecular flexibility index (Phi) is 4.08. The molecule has 0 aliphatic carbocycles. The zero-order valence-electron chi connectivity index (χ0n) is 10.4. The number of nitrogens with zero attached hydrogens (tertiary/aromatic N) is 2. The van der Waals surface area contributed by atoms with Crippen molar-refractivity contribution in [1.29, 1.82) is 5.26 Å². The van der Waals surface area contributed by atoms with Crippen molar-refractivity contribution in [2.24, 2.45) is 0 Å². The molecule has 0 bridgehead atoms. The summed E-state index contributed by atoms with van der Waals surface area (Å²) in [6.07, 6.45) is 1.02. The van der Waals surface area contributed by atoms with Crippen LogP contribution in [-0.4, -0.2) is 18.2 Å². The maximum atomic E-state index is 8.75. The molecule has 2 rings (SSSR count). The summed E-state index contributed by atoms with van der Waals surface area (Å²) in [6, 6.07) is 9.59. The second-order valence-electron chi connectivity index (χ2n) is 4.07. The van der Waals surface area contributed by atoms with E-state index in [0.29, 0.717) is 5.56 Å². The summed E-state index contributed by atoms with van der Waals surface area (Å²) in [5.74, 6) is 0. The lowest BCUT2D eigenvalue weighted by Gasteiger charge is -2.05. The number of ether oxygens (including phenoxy) is 1. The van der Waals surface area contributed by atoms with Crippen LogP contribution >= 0.6 is 11.3 Å². The average molecular weight is 258 g/mol. The molecular formula is C14H14N2OS. The summed E-state index contributed by atoms with van der Waals surface area (Å²) in [5.41, 5.74) is 2.67. The Morgan fingerprint density at radius 3 is 2.72 bits per heavy atom. The summed E-state index contributed by atoms with van der Waals surface area (Å²) in [4.78, 5) is 4.58. The second kappa shape index (κ2) is 5.76. The summed E-state index contributed by atoms with van der Waals surface area (Å²) < 4.78 is 5.23. The first-order valence-corrected chi connectivity index (χ1v) is 6.58. The quantitative estimate of drug-likeness (QED) is 0.845. The lowest BCUT2D eigenvalue weighted by Crippen LogP contribution is -2.08. The van der Waals surface area contributed by atoms with Gasteiger partial charge >= 0.3 is 0 Å². The molecule has 0 fully saturated rings. The Balaban J connectivity index is 2.16. The Hall–Kier alpha value is -1.70. The molecule has 1 aromatic carbocycles. The third kappa shape index (κ3) is 2.95. The van der Waals surface area contributed by atoms with Gasteiger partial charge in [0.05, 0.1) is 28.4 Å². The number of nitriles is 1. The molecule has 0 aliphatic rings. The molecule has 0 radical (unpaired) electrons. The number of thiazole rings is 1. The number of hydrogen-bond acceptors (Lipinski definition) is 4. The molecule has 18 heavy (non-hydrogen) atoms.